The van der Waals surface area contributed by atoms with Crippen LogP contribution in [0.4, 0.5) is 0 Å². The van der Waals surface area contributed by atoms with Gasteiger partial charge < -0.3 is 15.3 Å². The van der Waals surface area contributed by atoms with Crippen LogP contribution in [-0.2, 0) is 9.59 Å². The number of hydrogen-bond acceptors (Lipinski definition) is 3. The molecular formula is C10H18N2O3. The molecule has 1 heterocycles. The normalized spacial score (nSPS) is 22.3. The first-order valence-electron chi connectivity index (χ1n) is 5.35. The highest BCUT2D eigenvalue weighted by Gasteiger charge is 2.20. The number of rotatable bonds is 4. The second-order valence-electron chi connectivity index (χ2n) is 3.87. The zero-order chi connectivity index (χ0) is 11.3. The third kappa shape index (κ3) is 4.29. The summed E-state index contributed by atoms with van der Waals surface area (Å²) in [5, 5.41) is 11.2. The Labute approximate surface area is 89.4 Å². The first-order chi connectivity index (χ1) is 7.11. The number of nitrogens with zero attached hydrogens (tertiary/aromatic N) is 1. The number of likely N-dealkylation sites (tertiary alicyclic amines) is 1. The first kappa shape index (κ1) is 12.0. The number of amides is 1. The molecule has 0 aromatic rings. The molecule has 0 aromatic heterocycles. The summed E-state index contributed by atoms with van der Waals surface area (Å²) in [5.41, 5.74) is 0. The van der Waals surface area contributed by atoms with Crippen LogP contribution in [0.1, 0.15) is 26.2 Å². The number of likely N-dealkylation sites (N-methyl/N-ethyl adjacent to an activating group) is 1. The average molecular weight is 214 g/mol. The standard InChI is InChI=1S/C10H18N2O3/c1-2-12-5-3-4-8(7-12)11-9(13)6-10(14)15/h8H,2-7H2,1H3,(H,11,13)(H,14,15). The fraction of sp³-hybridized carbons (Fsp3) is 0.800. The van der Waals surface area contributed by atoms with Crippen LogP contribution in [0, 0.1) is 0 Å². The summed E-state index contributed by atoms with van der Waals surface area (Å²) in [6, 6.07) is 0.116. The van der Waals surface area contributed by atoms with E-state index in [4.69, 9.17) is 5.11 Å². The van der Waals surface area contributed by atoms with E-state index < -0.39 is 12.4 Å². The Morgan fingerprint density at radius 1 is 1.53 bits per heavy atom. The molecule has 1 amide bonds. The SMILES string of the molecule is CCN1CCCC(NC(=O)CC(=O)O)C1. The molecule has 0 saturated carbocycles. The Balaban J connectivity index is 2.31. The van der Waals surface area contributed by atoms with Gasteiger partial charge in [0.1, 0.15) is 6.42 Å². The van der Waals surface area contributed by atoms with E-state index in [0.29, 0.717) is 0 Å². The fourth-order valence-corrected chi connectivity index (χ4v) is 1.88. The van der Waals surface area contributed by atoms with Gasteiger partial charge in [-0.3, -0.25) is 9.59 Å². The van der Waals surface area contributed by atoms with Crippen molar-refractivity contribution in [1.29, 1.82) is 0 Å². The highest BCUT2D eigenvalue weighted by Crippen LogP contribution is 2.09. The van der Waals surface area contributed by atoms with Crippen molar-refractivity contribution < 1.29 is 14.7 Å². The van der Waals surface area contributed by atoms with Crippen LogP contribution in [0.5, 0.6) is 0 Å². The van der Waals surface area contributed by atoms with Gasteiger partial charge in [0.15, 0.2) is 0 Å². The van der Waals surface area contributed by atoms with Crippen LogP contribution in [0.2, 0.25) is 0 Å². The smallest absolute Gasteiger partial charge is 0.312 e. The summed E-state index contributed by atoms with van der Waals surface area (Å²) < 4.78 is 0. The summed E-state index contributed by atoms with van der Waals surface area (Å²) in [5.74, 6) is -1.46. The summed E-state index contributed by atoms with van der Waals surface area (Å²) in [7, 11) is 0. The monoisotopic (exact) mass is 214 g/mol. The highest BCUT2D eigenvalue weighted by molar-refractivity contribution is 5.93. The zero-order valence-electron chi connectivity index (χ0n) is 9.03. The Kier molecular flexibility index (Phi) is 4.55. The number of nitrogens with one attached hydrogen (secondary N) is 1. The molecule has 0 aromatic carbocycles. The van der Waals surface area contributed by atoms with E-state index in [1.54, 1.807) is 0 Å². The van der Waals surface area contributed by atoms with Gasteiger partial charge in [0.05, 0.1) is 0 Å². The molecule has 5 nitrogen and oxygen atoms in total. The lowest BCUT2D eigenvalue weighted by Crippen LogP contribution is -2.47. The van der Waals surface area contributed by atoms with Gasteiger partial charge in [0.2, 0.25) is 5.91 Å². The molecule has 15 heavy (non-hydrogen) atoms. The zero-order valence-corrected chi connectivity index (χ0v) is 9.03. The minimum atomic E-state index is -1.07. The van der Waals surface area contributed by atoms with E-state index in [9.17, 15) is 9.59 Å². The van der Waals surface area contributed by atoms with Crippen LogP contribution in [0.25, 0.3) is 0 Å². The molecule has 0 aliphatic carbocycles. The largest absolute Gasteiger partial charge is 0.481 e. The van der Waals surface area contributed by atoms with Crippen LogP contribution in [-0.4, -0.2) is 47.6 Å². The minimum absolute atomic E-state index is 0.116. The molecule has 1 fully saturated rings. The molecule has 2 N–H and O–H groups in total. The molecule has 0 radical (unpaired) electrons. The summed E-state index contributed by atoms with van der Waals surface area (Å²) in [6.45, 7) is 4.97. The van der Waals surface area contributed by atoms with Gasteiger partial charge in [0, 0.05) is 12.6 Å². The molecule has 1 saturated heterocycles. The number of carboxylic acid groups (broad SMARTS) is 1. The maximum Gasteiger partial charge on any atom is 0.312 e. The lowest BCUT2D eigenvalue weighted by atomic mass is 10.1. The average Bonchev–Trinajstić information content (AvgIpc) is 2.16. The maximum atomic E-state index is 11.2. The van der Waals surface area contributed by atoms with Crippen molar-refractivity contribution in [3.8, 4) is 0 Å². The Bertz CT molecular complexity index is 243. The van der Waals surface area contributed by atoms with Crippen molar-refractivity contribution in [2.45, 2.75) is 32.2 Å². The van der Waals surface area contributed by atoms with Crippen LogP contribution >= 0.6 is 0 Å². The second kappa shape index (κ2) is 5.70. The van der Waals surface area contributed by atoms with Gasteiger partial charge >= 0.3 is 5.97 Å². The highest BCUT2D eigenvalue weighted by atomic mass is 16.4. The van der Waals surface area contributed by atoms with Crippen LogP contribution in [0.15, 0.2) is 0 Å². The molecule has 0 spiro atoms. The fourth-order valence-electron chi connectivity index (χ4n) is 1.88. The number of hydrogen-bond donors (Lipinski definition) is 2. The van der Waals surface area contributed by atoms with Gasteiger partial charge in [-0.2, -0.15) is 0 Å². The van der Waals surface area contributed by atoms with Crippen LogP contribution in [0.3, 0.4) is 0 Å². The Morgan fingerprint density at radius 3 is 2.87 bits per heavy atom. The summed E-state index contributed by atoms with van der Waals surface area (Å²) in [4.78, 5) is 23.8. The van der Waals surface area contributed by atoms with Crippen molar-refractivity contribution in [3.63, 3.8) is 0 Å². The predicted octanol–water partition coefficient (Wildman–Crippen LogP) is 0.0616. The van der Waals surface area contributed by atoms with E-state index in [1.165, 1.54) is 0 Å². The third-order valence-electron chi connectivity index (χ3n) is 2.63. The molecule has 1 aliphatic rings. The van der Waals surface area contributed by atoms with Gasteiger partial charge in [0.25, 0.3) is 0 Å². The number of carbonyl (C=O) groups is 2. The number of carbonyl (C=O) groups excluding carboxylic acids is 1. The quantitative estimate of drug-likeness (QED) is 0.649. The first-order valence-corrected chi connectivity index (χ1v) is 5.35. The summed E-state index contributed by atoms with van der Waals surface area (Å²) in [6.07, 6.45) is 1.58. The number of piperidine rings is 1. The lowest BCUT2D eigenvalue weighted by Gasteiger charge is -2.32. The molecule has 1 unspecified atom stereocenters. The van der Waals surface area contributed by atoms with Gasteiger partial charge in [-0.05, 0) is 25.9 Å². The lowest BCUT2D eigenvalue weighted by molar-refractivity contribution is -0.140. The number of carboxylic acids is 1. The number of aliphatic carboxylic acids is 1. The second-order valence-corrected chi connectivity index (χ2v) is 3.87. The predicted molar refractivity (Wildman–Crippen MR) is 55.5 cm³/mol. The van der Waals surface area contributed by atoms with E-state index in [-0.39, 0.29) is 11.9 Å². The summed E-state index contributed by atoms with van der Waals surface area (Å²) >= 11 is 0. The molecule has 1 rings (SSSR count). The molecule has 5 heteroatoms. The van der Waals surface area contributed by atoms with Crippen molar-refractivity contribution >= 4 is 11.9 Å². The van der Waals surface area contributed by atoms with Crippen LogP contribution < -0.4 is 5.32 Å². The van der Waals surface area contributed by atoms with E-state index in [2.05, 4.69) is 17.1 Å². The van der Waals surface area contributed by atoms with E-state index >= 15 is 0 Å². The molecule has 1 atom stereocenters. The molecular weight excluding hydrogens is 196 g/mol. The van der Waals surface area contributed by atoms with Crippen molar-refractivity contribution in [1.82, 2.24) is 10.2 Å². The molecule has 0 bridgehead atoms. The van der Waals surface area contributed by atoms with Crippen molar-refractivity contribution in [2.75, 3.05) is 19.6 Å². The topological polar surface area (TPSA) is 69.6 Å². The van der Waals surface area contributed by atoms with E-state index in [1.807, 2.05) is 0 Å². The third-order valence-corrected chi connectivity index (χ3v) is 2.63. The molecule has 1 aliphatic heterocycles. The van der Waals surface area contributed by atoms with Gasteiger partial charge in [-0.1, -0.05) is 6.92 Å². The maximum absolute atomic E-state index is 11.2. The van der Waals surface area contributed by atoms with E-state index in [0.717, 1.165) is 32.5 Å². The Morgan fingerprint density at radius 2 is 2.27 bits per heavy atom. The van der Waals surface area contributed by atoms with Gasteiger partial charge in [-0.15, -0.1) is 0 Å². The van der Waals surface area contributed by atoms with Crippen molar-refractivity contribution in [2.24, 2.45) is 0 Å². The Hall–Kier alpha value is -1.10. The van der Waals surface area contributed by atoms with Gasteiger partial charge in [-0.25, -0.2) is 0 Å². The molecule has 86 valence electrons. The van der Waals surface area contributed by atoms with Crippen molar-refractivity contribution in [3.05, 3.63) is 0 Å². The minimum Gasteiger partial charge on any atom is -0.481 e.